The smallest absolute Gasteiger partial charge is 0.320 e. The standard InChI is InChI=1S/C16H17NO3/c1-20-14-7-5-12(6-8-14)13-4-2-3-11(9-13)10-15(17)16(18)19/h2-9,15H,10,17H2,1H3,(H,18,19)/t15-/m0/s1. The Kier molecular flexibility index (Phi) is 4.38. The number of aliphatic carboxylic acids is 1. The van der Waals surface area contributed by atoms with Crippen LogP contribution in [0.25, 0.3) is 11.1 Å². The fraction of sp³-hybridized carbons (Fsp3) is 0.188. The molecule has 0 heterocycles. The van der Waals surface area contributed by atoms with Crippen LogP contribution in [0.3, 0.4) is 0 Å². The Balaban J connectivity index is 2.22. The van der Waals surface area contributed by atoms with Gasteiger partial charge in [-0.2, -0.15) is 0 Å². The molecule has 20 heavy (non-hydrogen) atoms. The van der Waals surface area contributed by atoms with E-state index < -0.39 is 12.0 Å². The molecular weight excluding hydrogens is 254 g/mol. The van der Waals surface area contributed by atoms with Crippen molar-refractivity contribution in [2.45, 2.75) is 12.5 Å². The second-order valence-electron chi connectivity index (χ2n) is 4.58. The van der Waals surface area contributed by atoms with Gasteiger partial charge in [-0.25, -0.2) is 0 Å². The maximum absolute atomic E-state index is 10.8. The summed E-state index contributed by atoms with van der Waals surface area (Å²) in [6.45, 7) is 0. The number of hydrogen-bond donors (Lipinski definition) is 2. The number of carboxylic acids is 1. The summed E-state index contributed by atoms with van der Waals surface area (Å²) in [5.41, 5.74) is 8.55. The molecule has 0 radical (unpaired) electrons. The van der Waals surface area contributed by atoms with Gasteiger partial charge >= 0.3 is 5.97 Å². The molecule has 3 N–H and O–H groups in total. The average Bonchev–Trinajstić information content (AvgIpc) is 2.47. The first-order valence-corrected chi connectivity index (χ1v) is 6.32. The van der Waals surface area contributed by atoms with Crippen LogP contribution in [0.2, 0.25) is 0 Å². The molecule has 0 unspecified atom stereocenters. The highest BCUT2D eigenvalue weighted by molar-refractivity contribution is 5.73. The summed E-state index contributed by atoms with van der Waals surface area (Å²) in [5, 5.41) is 8.85. The van der Waals surface area contributed by atoms with Gasteiger partial charge in [0.05, 0.1) is 7.11 Å². The van der Waals surface area contributed by atoms with Crippen LogP contribution in [0.5, 0.6) is 5.75 Å². The summed E-state index contributed by atoms with van der Waals surface area (Å²) in [5.74, 6) is -0.183. The van der Waals surface area contributed by atoms with Crippen LogP contribution >= 0.6 is 0 Å². The molecule has 0 aliphatic carbocycles. The molecule has 0 aromatic heterocycles. The van der Waals surface area contributed by atoms with Gasteiger partial charge in [0.1, 0.15) is 11.8 Å². The fourth-order valence-corrected chi connectivity index (χ4v) is 2.00. The molecule has 0 fully saturated rings. The minimum atomic E-state index is -0.986. The number of rotatable bonds is 5. The molecule has 0 aliphatic rings. The number of carboxylic acid groups (broad SMARTS) is 1. The number of methoxy groups -OCH3 is 1. The number of carbonyl (C=O) groups is 1. The zero-order valence-corrected chi connectivity index (χ0v) is 11.2. The topological polar surface area (TPSA) is 72.5 Å². The SMILES string of the molecule is COc1ccc(-c2cccc(C[C@H](N)C(=O)O)c2)cc1. The van der Waals surface area contributed by atoms with Crippen LogP contribution in [-0.4, -0.2) is 24.2 Å². The van der Waals surface area contributed by atoms with Crippen molar-refractivity contribution in [1.29, 1.82) is 0 Å². The van der Waals surface area contributed by atoms with Gasteiger partial charge in [0.2, 0.25) is 0 Å². The zero-order valence-electron chi connectivity index (χ0n) is 11.2. The van der Waals surface area contributed by atoms with Gasteiger partial charge in [0.25, 0.3) is 0 Å². The first kappa shape index (κ1) is 14.1. The summed E-state index contributed by atoms with van der Waals surface area (Å²) in [6.07, 6.45) is 0.319. The lowest BCUT2D eigenvalue weighted by molar-refractivity contribution is -0.138. The lowest BCUT2D eigenvalue weighted by Gasteiger charge is -2.09. The van der Waals surface area contributed by atoms with Gasteiger partial charge in [-0.1, -0.05) is 36.4 Å². The highest BCUT2D eigenvalue weighted by atomic mass is 16.5. The first-order valence-electron chi connectivity index (χ1n) is 6.32. The molecular formula is C16H17NO3. The summed E-state index contributed by atoms with van der Waals surface area (Å²) in [4.78, 5) is 10.8. The maximum atomic E-state index is 10.8. The Hall–Kier alpha value is -2.33. The summed E-state index contributed by atoms with van der Waals surface area (Å²) >= 11 is 0. The summed E-state index contributed by atoms with van der Waals surface area (Å²) in [6, 6.07) is 14.6. The van der Waals surface area contributed by atoms with Gasteiger partial charge in [0.15, 0.2) is 0 Å². The minimum absolute atomic E-state index is 0.319. The van der Waals surface area contributed by atoms with Crippen molar-refractivity contribution in [2.75, 3.05) is 7.11 Å². The number of hydrogen-bond acceptors (Lipinski definition) is 3. The maximum Gasteiger partial charge on any atom is 0.320 e. The van der Waals surface area contributed by atoms with Crippen molar-refractivity contribution in [1.82, 2.24) is 0 Å². The van der Waals surface area contributed by atoms with Gasteiger partial charge in [-0.15, -0.1) is 0 Å². The van der Waals surface area contributed by atoms with Crippen molar-refractivity contribution >= 4 is 5.97 Å². The Morgan fingerprint density at radius 2 is 1.90 bits per heavy atom. The highest BCUT2D eigenvalue weighted by Gasteiger charge is 2.12. The van der Waals surface area contributed by atoms with Gasteiger partial charge in [-0.3, -0.25) is 4.79 Å². The molecule has 0 saturated carbocycles. The van der Waals surface area contributed by atoms with Crippen LogP contribution in [-0.2, 0) is 11.2 Å². The number of ether oxygens (including phenoxy) is 1. The first-order chi connectivity index (χ1) is 9.60. The third kappa shape index (κ3) is 3.36. The Morgan fingerprint density at radius 3 is 2.50 bits per heavy atom. The molecule has 1 atom stereocenters. The van der Waals surface area contributed by atoms with Crippen LogP contribution in [0.1, 0.15) is 5.56 Å². The lowest BCUT2D eigenvalue weighted by atomic mass is 9.99. The number of nitrogens with two attached hydrogens (primary N) is 1. The molecule has 104 valence electrons. The molecule has 0 saturated heterocycles. The number of benzene rings is 2. The Morgan fingerprint density at radius 1 is 1.20 bits per heavy atom. The predicted molar refractivity (Wildman–Crippen MR) is 77.7 cm³/mol. The normalized spacial score (nSPS) is 11.9. The minimum Gasteiger partial charge on any atom is -0.497 e. The molecule has 0 amide bonds. The van der Waals surface area contributed by atoms with E-state index in [-0.39, 0.29) is 0 Å². The van der Waals surface area contributed by atoms with Crippen molar-refractivity contribution in [3.63, 3.8) is 0 Å². The van der Waals surface area contributed by atoms with Gasteiger partial charge in [0, 0.05) is 0 Å². The van der Waals surface area contributed by atoms with Crippen molar-refractivity contribution in [3.8, 4) is 16.9 Å². The monoisotopic (exact) mass is 271 g/mol. The van der Waals surface area contributed by atoms with Crippen LogP contribution in [0, 0.1) is 0 Å². The predicted octanol–water partition coefficient (Wildman–Crippen LogP) is 2.32. The molecule has 4 nitrogen and oxygen atoms in total. The zero-order chi connectivity index (χ0) is 14.5. The molecule has 2 rings (SSSR count). The van der Waals surface area contributed by atoms with E-state index in [0.29, 0.717) is 6.42 Å². The Labute approximate surface area is 117 Å². The second kappa shape index (κ2) is 6.21. The van der Waals surface area contributed by atoms with Crippen LogP contribution in [0.4, 0.5) is 0 Å². The quantitative estimate of drug-likeness (QED) is 0.875. The van der Waals surface area contributed by atoms with Crippen LogP contribution in [0.15, 0.2) is 48.5 Å². The van der Waals surface area contributed by atoms with E-state index in [1.165, 1.54) is 0 Å². The summed E-state index contributed by atoms with van der Waals surface area (Å²) in [7, 11) is 1.63. The molecule has 4 heteroatoms. The van der Waals surface area contributed by atoms with Crippen LogP contribution < -0.4 is 10.5 Å². The van der Waals surface area contributed by atoms with E-state index in [1.807, 2.05) is 48.5 Å². The molecule has 0 bridgehead atoms. The third-order valence-electron chi connectivity index (χ3n) is 3.12. The van der Waals surface area contributed by atoms with Crippen molar-refractivity contribution < 1.29 is 14.6 Å². The Bertz CT molecular complexity index is 593. The van der Waals surface area contributed by atoms with Gasteiger partial charge < -0.3 is 15.6 Å². The van der Waals surface area contributed by atoms with Crippen molar-refractivity contribution in [3.05, 3.63) is 54.1 Å². The van der Waals surface area contributed by atoms with E-state index in [0.717, 1.165) is 22.4 Å². The van der Waals surface area contributed by atoms with Crippen molar-refractivity contribution in [2.24, 2.45) is 5.73 Å². The van der Waals surface area contributed by atoms with E-state index >= 15 is 0 Å². The van der Waals surface area contributed by atoms with E-state index in [9.17, 15) is 4.79 Å². The average molecular weight is 271 g/mol. The van der Waals surface area contributed by atoms with E-state index in [1.54, 1.807) is 7.11 Å². The summed E-state index contributed by atoms with van der Waals surface area (Å²) < 4.78 is 5.13. The third-order valence-corrected chi connectivity index (χ3v) is 3.12. The largest absolute Gasteiger partial charge is 0.497 e. The lowest BCUT2D eigenvalue weighted by Crippen LogP contribution is -2.32. The van der Waals surface area contributed by atoms with E-state index in [2.05, 4.69) is 0 Å². The van der Waals surface area contributed by atoms with Gasteiger partial charge in [-0.05, 0) is 35.2 Å². The molecule has 2 aromatic rings. The second-order valence-corrected chi connectivity index (χ2v) is 4.58. The molecule has 0 aliphatic heterocycles. The molecule has 0 spiro atoms. The fourth-order valence-electron chi connectivity index (χ4n) is 2.00. The molecule has 2 aromatic carbocycles. The highest BCUT2D eigenvalue weighted by Crippen LogP contribution is 2.23. The van der Waals surface area contributed by atoms with E-state index in [4.69, 9.17) is 15.6 Å².